The number of carbonyl (C=O) groups excluding carboxylic acids is 3. The van der Waals surface area contributed by atoms with Gasteiger partial charge in [-0.3, -0.25) is 9.59 Å². The highest BCUT2D eigenvalue weighted by Crippen LogP contribution is 2.45. The summed E-state index contributed by atoms with van der Waals surface area (Å²) in [5.41, 5.74) is 1.45. The zero-order chi connectivity index (χ0) is 29.2. The number of amides is 3. The number of hydrogen-bond donors (Lipinski definition) is 2. The monoisotopic (exact) mass is 557 g/mol. The van der Waals surface area contributed by atoms with E-state index in [0.717, 1.165) is 11.1 Å². The van der Waals surface area contributed by atoms with Gasteiger partial charge in [-0.1, -0.05) is 30.3 Å². The molecule has 0 saturated carbocycles. The third-order valence-corrected chi connectivity index (χ3v) is 7.30. The quantitative estimate of drug-likeness (QED) is 0.523. The van der Waals surface area contributed by atoms with Crippen molar-refractivity contribution in [2.45, 2.75) is 64.1 Å². The molecule has 2 aromatic carbocycles. The minimum absolute atomic E-state index is 0.0251. The lowest BCUT2D eigenvalue weighted by Gasteiger charge is -2.38. The summed E-state index contributed by atoms with van der Waals surface area (Å²) in [5.74, 6) is -4.74. The summed E-state index contributed by atoms with van der Waals surface area (Å²) in [7, 11) is 1.50. The fourth-order valence-corrected chi connectivity index (χ4v) is 5.30. The Labute approximate surface area is 233 Å². The van der Waals surface area contributed by atoms with Crippen molar-refractivity contribution < 1.29 is 32.6 Å². The van der Waals surface area contributed by atoms with E-state index in [0.29, 0.717) is 5.75 Å². The Morgan fingerprint density at radius 3 is 2.48 bits per heavy atom. The molecule has 1 fully saturated rings. The number of piperidine rings is 1. The number of hydrogen-bond acceptors (Lipinski definition) is 5. The predicted octanol–water partition coefficient (Wildman–Crippen LogP) is 4.97. The lowest BCUT2D eigenvalue weighted by molar-refractivity contribution is -0.107. The molecule has 0 spiro atoms. The topological polar surface area (TPSA) is 97.0 Å². The van der Waals surface area contributed by atoms with Crippen LogP contribution in [0.5, 0.6) is 5.75 Å². The predicted molar refractivity (Wildman–Crippen MR) is 146 cm³/mol. The maximum atomic E-state index is 14.7. The Morgan fingerprint density at radius 1 is 1.12 bits per heavy atom. The number of ether oxygens (including phenoxy) is 2. The number of alkyl halides is 2. The normalized spacial score (nSPS) is 21.7. The van der Waals surface area contributed by atoms with Crippen molar-refractivity contribution >= 4 is 17.9 Å². The Hall–Kier alpha value is -3.69. The maximum absolute atomic E-state index is 14.7. The number of nitrogens with one attached hydrogen (secondary N) is 2. The van der Waals surface area contributed by atoms with Crippen LogP contribution in [0.1, 0.15) is 78.3 Å². The maximum Gasteiger partial charge on any atom is 0.410 e. The molecule has 3 amide bonds. The van der Waals surface area contributed by atoms with E-state index in [1.807, 2.05) is 37.3 Å². The van der Waals surface area contributed by atoms with Crippen LogP contribution in [-0.2, 0) is 4.74 Å². The molecule has 0 radical (unpaired) electrons. The molecule has 4 rings (SSSR count). The van der Waals surface area contributed by atoms with Gasteiger partial charge in [0.05, 0.1) is 5.56 Å². The highest BCUT2D eigenvalue weighted by atomic mass is 19.3. The average molecular weight is 558 g/mol. The van der Waals surface area contributed by atoms with E-state index in [1.165, 1.54) is 18.0 Å². The molecule has 10 heteroatoms. The van der Waals surface area contributed by atoms with Crippen molar-refractivity contribution in [2.24, 2.45) is 5.92 Å². The molecule has 0 aliphatic carbocycles. The Bertz CT molecular complexity index is 1260. The molecule has 2 heterocycles. The Morgan fingerprint density at radius 2 is 1.82 bits per heavy atom. The van der Waals surface area contributed by atoms with Crippen molar-refractivity contribution in [3.63, 3.8) is 0 Å². The number of nitrogens with zero attached hydrogens (tertiary/aromatic N) is 1. The van der Waals surface area contributed by atoms with E-state index in [2.05, 4.69) is 10.6 Å². The fraction of sp³-hybridized carbons (Fsp3) is 0.500. The van der Waals surface area contributed by atoms with Crippen LogP contribution in [0.25, 0.3) is 0 Å². The van der Waals surface area contributed by atoms with Crippen molar-refractivity contribution in [1.82, 2.24) is 15.5 Å². The van der Waals surface area contributed by atoms with Crippen molar-refractivity contribution in [3.8, 4) is 5.75 Å². The summed E-state index contributed by atoms with van der Waals surface area (Å²) in [6, 6.07) is 12.9. The van der Waals surface area contributed by atoms with Gasteiger partial charge < -0.3 is 25.0 Å². The van der Waals surface area contributed by atoms with Crippen LogP contribution in [0, 0.1) is 5.92 Å². The average Bonchev–Trinajstić information content (AvgIpc) is 3.23. The standard InChI is InChI=1S/C30H37F2N3O5/c1-18-24(19-9-7-6-8-10-19)22-15-20(16-23(25(22)39-18)27(37)33-5)26(36)34-13-11-21-17-35(14-12-30(21,31)32)28(38)40-29(2,3)4/h6-10,15-16,18,21,24H,11-14,17H2,1-5H3,(H,33,37)(H,34,36)/t18-,21?,24+/m1/s1. The number of rotatable bonds is 6. The molecule has 1 saturated heterocycles. The molecule has 8 nitrogen and oxygen atoms in total. The van der Waals surface area contributed by atoms with Gasteiger partial charge in [0.15, 0.2) is 0 Å². The van der Waals surface area contributed by atoms with Crippen LogP contribution in [0.2, 0.25) is 0 Å². The van der Waals surface area contributed by atoms with Gasteiger partial charge in [0.2, 0.25) is 0 Å². The lowest BCUT2D eigenvalue weighted by atomic mass is 9.87. The first-order valence-corrected chi connectivity index (χ1v) is 13.6. The lowest BCUT2D eigenvalue weighted by Crippen LogP contribution is -2.51. The van der Waals surface area contributed by atoms with Crippen LogP contribution in [0.15, 0.2) is 42.5 Å². The van der Waals surface area contributed by atoms with E-state index in [-0.39, 0.29) is 49.2 Å². The van der Waals surface area contributed by atoms with E-state index >= 15 is 0 Å². The second-order valence-corrected chi connectivity index (χ2v) is 11.4. The zero-order valence-electron chi connectivity index (χ0n) is 23.6. The number of benzene rings is 2. The minimum Gasteiger partial charge on any atom is -0.489 e. The van der Waals surface area contributed by atoms with Gasteiger partial charge in [-0.25, -0.2) is 13.6 Å². The van der Waals surface area contributed by atoms with Gasteiger partial charge in [0.25, 0.3) is 17.7 Å². The van der Waals surface area contributed by atoms with E-state index in [1.54, 1.807) is 26.8 Å². The summed E-state index contributed by atoms with van der Waals surface area (Å²) in [6.45, 7) is 6.80. The van der Waals surface area contributed by atoms with Crippen molar-refractivity contribution in [1.29, 1.82) is 0 Å². The number of likely N-dealkylation sites (tertiary alicyclic amines) is 1. The third-order valence-electron chi connectivity index (χ3n) is 7.30. The summed E-state index contributed by atoms with van der Waals surface area (Å²) >= 11 is 0. The van der Waals surface area contributed by atoms with Crippen LogP contribution >= 0.6 is 0 Å². The molecular formula is C30H37F2N3O5. The first-order chi connectivity index (χ1) is 18.8. The second kappa shape index (κ2) is 11.4. The van der Waals surface area contributed by atoms with Gasteiger partial charge >= 0.3 is 6.09 Å². The first kappa shape index (κ1) is 29.3. The van der Waals surface area contributed by atoms with Gasteiger partial charge in [-0.05, 0) is 51.8 Å². The smallest absolute Gasteiger partial charge is 0.410 e. The van der Waals surface area contributed by atoms with Crippen molar-refractivity contribution in [3.05, 3.63) is 64.7 Å². The minimum atomic E-state index is -2.97. The molecule has 0 aromatic heterocycles. The molecule has 2 aliphatic heterocycles. The molecule has 2 aromatic rings. The SMILES string of the molecule is CNC(=O)c1cc(C(=O)NCCC2CN(C(=O)OC(C)(C)C)CCC2(F)F)cc2c1O[C@H](C)[C@H]2c1ccccc1. The van der Waals surface area contributed by atoms with E-state index in [4.69, 9.17) is 9.47 Å². The highest BCUT2D eigenvalue weighted by molar-refractivity contribution is 6.02. The van der Waals surface area contributed by atoms with Crippen molar-refractivity contribution in [2.75, 3.05) is 26.7 Å². The largest absolute Gasteiger partial charge is 0.489 e. The van der Waals surface area contributed by atoms with Gasteiger partial charge in [0.1, 0.15) is 17.5 Å². The van der Waals surface area contributed by atoms with Gasteiger partial charge in [0, 0.05) is 56.1 Å². The fourth-order valence-electron chi connectivity index (χ4n) is 5.30. The molecule has 1 unspecified atom stereocenters. The highest BCUT2D eigenvalue weighted by Gasteiger charge is 2.45. The first-order valence-electron chi connectivity index (χ1n) is 13.6. The van der Waals surface area contributed by atoms with E-state index in [9.17, 15) is 23.2 Å². The number of fused-ring (bicyclic) bond motifs is 1. The summed E-state index contributed by atoms with van der Waals surface area (Å²) in [4.78, 5) is 39.7. The van der Waals surface area contributed by atoms with Gasteiger partial charge in [-0.15, -0.1) is 0 Å². The Balaban J connectivity index is 1.50. The van der Waals surface area contributed by atoms with Crippen LogP contribution in [-0.4, -0.2) is 67.1 Å². The number of halogens is 2. The molecular weight excluding hydrogens is 520 g/mol. The molecule has 2 aliphatic rings. The zero-order valence-corrected chi connectivity index (χ0v) is 23.6. The van der Waals surface area contributed by atoms with Crippen LogP contribution < -0.4 is 15.4 Å². The molecule has 40 heavy (non-hydrogen) atoms. The third kappa shape index (κ3) is 6.37. The van der Waals surface area contributed by atoms with Crippen LogP contribution in [0.4, 0.5) is 13.6 Å². The second-order valence-electron chi connectivity index (χ2n) is 11.4. The molecule has 2 N–H and O–H groups in total. The number of carbonyl (C=O) groups is 3. The molecule has 0 bridgehead atoms. The summed E-state index contributed by atoms with van der Waals surface area (Å²) in [6.07, 6.45) is -1.38. The molecule has 3 atom stereocenters. The summed E-state index contributed by atoms with van der Waals surface area (Å²) < 4.78 is 40.9. The summed E-state index contributed by atoms with van der Waals surface area (Å²) in [5, 5.41) is 5.32. The molecule has 216 valence electrons. The van der Waals surface area contributed by atoms with E-state index < -0.39 is 41.8 Å². The van der Waals surface area contributed by atoms with Gasteiger partial charge in [-0.2, -0.15) is 0 Å². The van der Waals surface area contributed by atoms with Crippen LogP contribution in [0.3, 0.4) is 0 Å². The Kier molecular flexibility index (Phi) is 8.37.